The molecule has 0 aliphatic carbocycles. The first-order valence-electron chi connectivity index (χ1n) is 9.73. The molecular formula is C21H26F3N3O4S. The van der Waals surface area contributed by atoms with Crippen molar-refractivity contribution in [1.82, 2.24) is 15.6 Å². The lowest BCUT2D eigenvalue weighted by Gasteiger charge is -2.46. The van der Waals surface area contributed by atoms with Gasteiger partial charge in [-0.05, 0) is 64.8 Å². The summed E-state index contributed by atoms with van der Waals surface area (Å²) in [5.74, 6) is -2.67. The molecule has 1 saturated heterocycles. The number of nitrogens with one attached hydrogen (secondary N) is 2. The number of amides is 1. The molecule has 11 heteroatoms. The number of halogens is 3. The summed E-state index contributed by atoms with van der Waals surface area (Å²) in [6.45, 7) is 8.66. The summed E-state index contributed by atoms with van der Waals surface area (Å²) < 4.78 is 31.7. The fraction of sp³-hybridized carbons (Fsp3) is 0.476. The van der Waals surface area contributed by atoms with Crippen LogP contribution in [0.1, 0.15) is 51.0 Å². The highest BCUT2D eigenvalue weighted by Gasteiger charge is 2.39. The van der Waals surface area contributed by atoms with Gasteiger partial charge in [-0.15, -0.1) is 11.3 Å². The van der Waals surface area contributed by atoms with Crippen molar-refractivity contribution in [2.75, 3.05) is 0 Å². The number of thiazole rings is 1. The van der Waals surface area contributed by atoms with Crippen molar-refractivity contribution in [2.45, 2.75) is 63.8 Å². The first-order valence-corrected chi connectivity index (χ1v) is 10.6. The Bertz CT molecular complexity index is 940. The van der Waals surface area contributed by atoms with E-state index in [0.29, 0.717) is 5.69 Å². The Labute approximate surface area is 187 Å². The molecule has 3 rings (SSSR count). The van der Waals surface area contributed by atoms with E-state index in [1.54, 1.807) is 29.6 Å². The summed E-state index contributed by atoms with van der Waals surface area (Å²) in [6.07, 6.45) is -3.31. The van der Waals surface area contributed by atoms with Crippen LogP contribution in [0.5, 0.6) is 5.75 Å². The van der Waals surface area contributed by atoms with Crippen LogP contribution in [0.4, 0.5) is 13.2 Å². The number of carbonyl (C=O) groups excluding carboxylic acids is 1. The Hall–Kier alpha value is -2.66. The molecule has 0 spiro atoms. The van der Waals surface area contributed by atoms with Crippen LogP contribution < -0.4 is 10.6 Å². The molecule has 1 aliphatic heterocycles. The molecule has 0 unspecified atom stereocenters. The van der Waals surface area contributed by atoms with E-state index in [4.69, 9.17) is 9.90 Å². The zero-order chi connectivity index (χ0) is 24.3. The van der Waals surface area contributed by atoms with Crippen LogP contribution in [-0.2, 0) is 4.79 Å². The smallest absolute Gasteiger partial charge is 0.490 e. The largest absolute Gasteiger partial charge is 0.508 e. The molecule has 32 heavy (non-hydrogen) atoms. The topological polar surface area (TPSA) is 112 Å². The van der Waals surface area contributed by atoms with Gasteiger partial charge in [-0.1, -0.05) is 0 Å². The summed E-state index contributed by atoms with van der Waals surface area (Å²) in [4.78, 5) is 26.0. The molecule has 2 heterocycles. The highest BCUT2D eigenvalue weighted by atomic mass is 32.1. The second-order valence-corrected chi connectivity index (χ2v) is 9.72. The number of piperidine rings is 1. The molecule has 0 radical (unpaired) electrons. The number of benzene rings is 1. The third kappa shape index (κ3) is 7.49. The van der Waals surface area contributed by atoms with Crippen LogP contribution in [0.25, 0.3) is 10.6 Å². The second-order valence-electron chi connectivity index (χ2n) is 8.86. The zero-order valence-electron chi connectivity index (χ0n) is 18.1. The van der Waals surface area contributed by atoms with E-state index in [9.17, 15) is 23.1 Å². The second kappa shape index (κ2) is 9.45. The van der Waals surface area contributed by atoms with Gasteiger partial charge in [0.2, 0.25) is 0 Å². The van der Waals surface area contributed by atoms with Crippen LogP contribution in [-0.4, -0.2) is 50.4 Å². The molecule has 1 aromatic carbocycles. The Morgan fingerprint density at radius 2 is 1.62 bits per heavy atom. The lowest BCUT2D eigenvalue weighted by molar-refractivity contribution is -0.192. The average molecular weight is 474 g/mol. The predicted octanol–water partition coefficient (Wildman–Crippen LogP) is 4.19. The normalized spacial score (nSPS) is 17.7. The van der Waals surface area contributed by atoms with Gasteiger partial charge in [0, 0.05) is 28.1 Å². The number of phenolic OH excluding ortho intramolecular Hbond substituents is 1. The van der Waals surface area contributed by atoms with E-state index in [1.807, 2.05) is 0 Å². The molecule has 1 aliphatic rings. The fourth-order valence-electron chi connectivity index (χ4n) is 3.80. The first-order chi connectivity index (χ1) is 14.6. The van der Waals surface area contributed by atoms with Crippen molar-refractivity contribution in [3.05, 3.63) is 35.3 Å². The SMILES string of the molecule is CC1(C)CC(NC(=O)c2csc(-c3ccc(O)cc3)n2)CC(C)(C)N1.O=C(O)C(F)(F)F. The lowest BCUT2D eigenvalue weighted by Crippen LogP contribution is -2.62. The van der Waals surface area contributed by atoms with E-state index in [-0.39, 0.29) is 28.8 Å². The number of aromatic hydroxyl groups is 1. The zero-order valence-corrected chi connectivity index (χ0v) is 18.9. The number of hydrogen-bond acceptors (Lipinski definition) is 6. The minimum atomic E-state index is -5.08. The van der Waals surface area contributed by atoms with Gasteiger partial charge in [-0.25, -0.2) is 9.78 Å². The Kier molecular flexibility index (Phi) is 7.56. The van der Waals surface area contributed by atoms with E-state index in [2.05, 4.69) is 43.3 Å². The Morgan fingerprint density at radius 1 is 1.12 bits per heavy atom. The highest BCUT2D eigenvalue weighted by Crippen LogP contribution is 2.29. The summed E-state index contributed by atoms with van der Waals surface area (Å²) in [7, 11) is 0. The van der Waals surface area contributed by atoms with Gasteiger partial charge in [0.15, 0.2) is 0 Å². The first kappa shape index (κ1) is 25.6. The quantitative estimate of drug-likeness (QED) is 0.532. The van der Waals surface area contributed by atoms with Crippen molar-refractivity contribution in [3.63, 3.8) is 0 Å². The number of nitrogens with zero attached hydrogens (tertiary/aromatic N) is 1. The maximum atomic E-state index is 12.6. The maximum Gasteiger partial charge on any atom is 0.490 e. The summed E-state index contributed by atoms with van der Waals surface area (Å²) in [5.41, 5.74) is 1.31. The highest BCUT2D eigenvalue weighted by molar-refractivity contribution is 7.13. The van der Waals surface area contributed by atoms with Crippen molar-refractivity contribution >= 4 is 23.2 Å². The number of rotatable bonds is 3. The van der Waals surface area contributed by atoms with Gasteiger partial charge in [0.1, 0.15) is 16.5 Å². The summed E-state index contributed by atoms with van der Waals surface area (Å²) in [6, 6.07) is 6.96. The number of aromatic nitrogens is 1. The van der Waals surface area contributed by atoms with Crippen molar-refractivity contribution in [1.29, 1.82) is 0 Å². The van der Waals surface area contributed by atoms with Gasteiger partial charge in [-0.3, -0.25) is 4.79 Å². The maximum absolute atomic E-state index is 12.6. The lowest BCUT2D eigenvalue weighted by atomic mass is 9.79. The average Bonchev–Trinajstić information content (AvgIpc) is 3.09. The molecule has 0 atom stereocenters. The van der Waals surface area contributed by atoms with E-state index in [1.165, 1.54) is 11.3 Å². The molecular weight excluding hydrogens is 447 g/mol. The van der Waals surface area contributed by atoms with Gasteiger partial charge >= 0.3 is 12.1 Å². The van der Waals surface area contributed by atoms with Crippen LogP contribution >= 0.6 is 11.3 Å². The summed E-state index contributed by atoms with van der Waals surface area (Å²) >= 11 is 1.43. The number of phenols is 1. The van der Waals surface area contributed by atoms with Crippen LogP contribution in [0.3, 0.4) is 0 Å². The summed E-state index contributed by atoms with van der Waals surface area (Å²) in [5, 5.41) is 25.8. The van der Waals surface area contributed by atoms with Crippen molar-refractivity contribution in [3.8, 4) is 16.3 Å². The van der Waals surface area contributed by atoms with Gasteiger partial charge in [0.05, 0.1) is 0 Å². The minimum absolute atomic E-state index is 0.0149. The third-order valence-corrected chi connectivity index (χ3v) is 5.51. The molecule has 2 aromatic rings. The third-order valence-electron chi connectivity index (χ3n) is 4.62. The van der Waals surface area contributed by atoms with E-state index >= 15 is 0 Å². The van der Waals surface area contributed by atoms with Crippen molar-refractivity contribution < 1.29 is 33.0 Å². The standard InChI is InChI=1S/C19H25N3O2S.C2HF3O2/c1-18(2)9-13(10-19(3,4)22-18)20-16(24)15-11-25-17(21-15)12-5-7-14(23)8-6-12;3-2(4,5)1(6)7/h5-8,11,13,22-23H,9-10H2,1-4H3,(H,20,24);(H,6,7). The Balaban J connectivity index is 0.000000451. The predicted molar refractivity (Wildman–Crippen MR) is 115 cm³/mol. The van der Waals surface area contributed by atoms with E-state index < -0.39 is 12.1 Å². The number of carbonyl (C=O) groups is 2. The number of carboxylic acid groups (broad SMARTS) is 1. The Morgan fingerprint density at radius 3 is 2.09 bits per heavy atom. The minimum Gasteiger partial charge on any atom is -0.508 e. The fourth-order valence-corrected chi connectivity index (χ4v) is 4.60. The van der Waals surface area contributed by atoms with Crippen LogP contribution in [0.2, 0.25) is 0 Å². The van der Waals surface area contributed by atoms with E-state index in [0.717, 1.165) is 23.4 Å². The van der Waals surface area contributed by atoms with Gasteiger partial charge in [-0.2, -0.15) is 13.2 Å². The molecule has 0 bridgehead atoms. The van der Waals surface area contributed by atoms with Gasteiger partial charge < -0.3 is 20.8 Å². The number of alkyl halides is 3. The molecule has 4 N–H and O–H groups in total. The van der Waals surface area contributed by atoms with Crippen LogP contribution in [0.15, 0.2) is 29.6 Å². The molecule has 1 amide bonds. The number of carboxylic acids is 1. The van der Waals surface area contributed by atoms with Crippen LogP contribution in [0, 0.1) is 0 Å². The van der Waals surface area contributed by atoms with Crippen molar-refractivity contribution in [2.24, 2.45) is 0 Å². The monoisotopic (exact) mass is 473 g/mol. The number of hydrogen-bond donors (Lipinski definition) is 4. The molecule has 1 fully saturated rings. The molecule has 0 saturated carbocycles. The van der Waals surface area contributed by atoms with Gasteiger partial charge in [0.25, 0.3) is 5.91 Å². The molecule has 176 valence electrons. The molecule has 1 aromatic heterocycles. The molecule has 7 nitrogen and oxygen atoms in total. The number of aliphatic carboxylic acids is 1.